The molecular weight excluding hydrogens is 363 g/mol. The first-order chi connectivity index (χ1) is 13.7. The fourth-order valence-electron chi connectivity index (χ4n) is 3.95. The van der Waals surface area contributed by atoms with Gasteiger partial charge in [0.15, 0.2) is 0 Å². The van der Waals surface area contributed by atoms with Crippen LogP contribution in [0.2, 0.25) is 0 Å². The number of halogens is 1. The van der Waals surface area contributed by atoms with Crippen molar-refractivity contribution >= 4 is 5.91 Å². The number of likely N-dealkylation sites (tertiary alicyclic amines) is 1. The molecule has 0 radical (unpaired) electrons. The fraction of sp³-hybridized carbons (Fsp3) is 0.480. The number of piperidine rings is 1. The van der Waals surface area contributed by atoms with Crippen molar-refractivity contribution in [3.05, 3.63) is 71.0 Å². The highest BCUT2D eigenvalue weighted by atomic mass is 19.1. The summed E-state index contributed by atoms with van der Waals surface area (Å²) in [6, 6.07) is 15.2. The monoisotopic (exact) mass is 396 g/mol. The van der Waals surface area contributed by atoms with E-state index in [0.717, 1.165) is 43.6 Å². The van der Waals surface area contributed by atoms with E-state index in [1.165, 1.54) is 17.7 Å². The van der Waals surface area contributed by atoms with E-state index in [1.807, 2.05) is 19.1 Å². The highest BCUT2D eigenvalue weighted by Crippen LogP contribution is 2.25. The second-order valence-electron chi connectivity index (χ2n) is 9.30. The third-order valence-corrected chi connectivity index (χ3v) is 5.83. The smallest absolute Gasteiger partial charge is 0.224 e. The maximum atomic E-state index is 13.1. The van der Waals surface area contributed by atoms with Crippen LogP contribution >= 0.6 is 0 Å². The van der Waals surface area contributed by atoms with Gasteiger partial charge in [-0.1, -0.05) is 57.2 Å². The number of hydrogen-bond acceptors (Lipinski definition) is 2. The molecule has 1 aliphatic rings. The maximum absolute atomic E-state index is 13.1. The van der Waals surface area contributed by atoms with E-state index < -0.39 is 0 Å². The van der Waals surface area contributed by atoms with Crippen molar-refractivity contribution in [3.8, 4) is 0 Å². The van der Waals surface area contributed by atoms with Crippen LogP contribution in [0, 0.1) is 11.7 Å². The number of amides is 1. The third kappa shape index (κ3) is 5.89. The first-order valence-electron chi connectivity index (χ1n) is 10.6. The van der Waals surface area contributed by atoms with Crippen molar-refractivity contribution < 1.29 is 9.18 Å². The molecule has 156 valence electrons. The van der Waals surface area contributed by atoms with E-state index in [2.05, 4.69) is 55.3 Å². The fourth-order valence-corrected chi connectivity index (χ4v) is 3.95. The minimum absolute atomic E-state index is 0.000460. The lowest BCUT2D eigenvalue weighted by atomic mass is 9.86. The Morgan fingerprint density at radius 3 is 2.41 bits per heavy atom. The Kier molecular flexibility index (Phi) is 6.74. The zero-order chi connectivity index (χ0) is 21.0. The van der Waals surface area contributed by atoms with Crippen LogP contribution in [0.3, 0.4) is 0 Å². The van der Waals surface area contributed by atoms with Gasteiger partial charge in [-0.3, -0.25) is 9.69 Å². The molecule has 0 spiro atoms. The zero-order valence-electron chi connectivity index (χ0n) is 18.0. The van der Waals surface area contributed by atoms with E-state index in [9.17, 15) is 9.18 Å². The molecule has 2 aromatic rings. The Bertz CT molecular complexity index is 808. The molecular formula is C25H33FN2O. The second-order valence-corrected chi connectivity index (χ2v) is 9.30. The van der Waals surface area contributed by atoms with Gasteiger partial charge in [0.05, 0.1) is 12.0 Å². The molecule has 2 atom stereocenters. The molecule has 3 rings (SSSR count). The van der Waals surface area contributed by atoms with Gasteiger partial charge < -0.3 is 5.32 Å². The molecule has 0 aromatic heterocycles. The van der Waals surface area contributed by atoms with Gasteiger partial charge in [-0.25, -0.2) is 4.39 Å². The average molecular weight is 397 g/mol. The van der Waals surface area contributed by atoms with Crippen LogP contribution in [-0.4, -0.2) is 23.9 Å². The number of nitrogens with zero attached hydrogens (tertiary/aromatic N) is 1. The van der Waals surface area contributed by atoms with Crippen molar-refractivity contribution in [2.75, 3.05) is 13.1 Å². The summed E-state index contributed by atoms with van der Waals surface area (Å²) in [5, 5.41) is 3.20. The van der Waals surface area contributed by atoms with Gasteiger partial charge in [-0.15, -0.1) is 0 Å². The van der Waals surface area contributed by atoms with Crippen molar-refractivity contribution in [2.45, 2.75) is 58.5 Å². The van der Waals surface area contributed by atoms with Crippen LogP contribution in [0.5, 0.6) is 0 Å². The summed E-state index contributed by atoms with van der Waals surface area (Å²) in [7, 11) is 0. The molecule has 0 aliphatic carbocycles. The predicted molar refractivity (Wildman–Crippen MR) is 116 cm³/mol. The van der Waals surface area contributed by atoms with Crippen molar-refractivity contribution in [1.29, 1.82) is 0 Å². The summed E-state index contributed by atoms with van der Waals surface area (Å²) in [4.78, 5) is 15.2. The summed E-state index contributed by atoms with van der Waals surface area (Å²) >= 11 is 0. The van der Waals surface area contributed by atoms with E-state index in [4.69, 9.17) is 0 Å². The topological polar surface area (TPSA) is 32.3 Å². The Morgan fingerprint density at radius 2 is 1.79 bits per heavy atom. The SMILES string of the molecule is C[C@H](NC(=O)[C@@H]1CCCN(Cc2ccc(F)cc2)C1)c1ccc(C(C)(C)C)cc1. The minimum atomic E-state index is -0.214. The Balaban J connectivity index is 1.56. The summed E-state index contributed by atoms with van der Waals surface area (Å²) in [6.45, 7) is 11.1. The standard InChI is InChI=1S/C25H33FN2O/c1-18(20-9-11-22(12-10-20)25(2,3)4)27-24(29)21-6-5-15-28(17-21)16-19-7-13-23(26)14-8-19/h7-14,18,21H,5-6,15-17H2,1-4H3,(H,27,29)/t18-,21+/m0/s1. The molecule has 0 bridgehead atoms. The van der Waals surface area contributed by atoms with E-state index >= 15 is 0 Å². The highest BCUT2D eigenvalue weighted by Gasteiger charge is 2.27. The van der Waals surface area contributed by atoms with Gasteiger partial charge in [0.1, 0.15) is 5.82 Å². The molecule has 0 saturated carbocycles. The van der Waals surface area contributed by atoms with Crippen LogP contribution in [-0.2, 0) is 16.8 Å². The lowest BCUT2D eigenvalue weighted by Crippen LogP contribution is -2.43. The Hall–Kier alpha value is -2.20. The van der Waals surface area contributed by atoms with Crippen LogP contribution in [0.1, 0.15) is 63.3 Å². The number of carbonyl (C=O) groups is 1. The van der Waals surface area contributed by atoms with Crippen LogP contribution in [0.25, 0.3) is 0 Å². The summed E-state index contributed by atoms with van der Waals surface area (Å²) in [6.07, 6.45) is 1.93. The molecule has 0 unspecified atom stereocenters. The molecule has 2 aromatic carbocycles. The first-order valence-corrected chi connectivity index (χ1v) is 10.6. The molecule has 1 heterocycles. The third-order valence-electron chi connectivity index (χ3n) is 5.83. The molecule has 1 fully saturated rings. The van der Waals surface area contributed by atoms with Gasteiger partial charge in [-0.05, 0) is 60.5 Å². The normalized spacial score (nSPS) is 19.0. The number of benzene rings is 2. The molecule has 1 saturated heterocycles. The van der Waals surface area contributed by atoms with E-state index in [1.54, 1.807) is 0 Å². The van der Waals surface area contributed by atoms with Crippen molar-refractivity contribution in [1.82, 2.24) is 10.2 Å². The highest BCUT2D eigenvalue weighted by molar-refractivity contribution is 5.79. The summed E-state index contributed by atoms with van der Waals surface area (Å²) in [5.74, 6) is -0.0872. The van der Waals surface area contributed by atoms with Crippen LogP contribution in [0.15, 0.2) is 48.5 Å². The summed E-state index contributed by atoms with van der Waals surface area (Å²) < 4.78 is 13.1. The number of nitrogens with one attached hydrogen (secondary N) is 1. The molecule has 3 nitrogen and oxygen atoms in total. The molecule has 1 amide bonds. The van der Waals surface area contributed by atoms with Crippen molar-refractivity contribution in [3.63, 3.8) is 0 Å². The lowest BCUT2D eigenvalue weighted by molar-refractivity contribution is -0.127. The van der Waals surface area contributed by atoms with E-state index in [0.29, 0.717) is 0 Å². The number of rotatable bonds is 5. The predicted octanol–water partition coefficient (Wildman–Crippen LogP) is 5.21. The van der Waals surface area contributed by atoms with Gasteiger partial charge in [0.25, 0.3) is 0 Å². The molecule has 1 N–H and O–H groups in total. The lowest BCUT2D eigenvalue weighted by Gasteiger charge is -2.32. The van der Waals surface area contributed by atoms with E-state index in [-0.39, 0.29) is 29.1 Å². The largest absolute Gasteiger partial charge is 0.349 e. The van der Waals surface area contributed by atoms with Crippen molar-refractivity contribution in [2.24, 2.45) is 5.92 Å². The molecule has 4 heteroatoms. The van der Waals surface area contributed by atoms with Gasteiger partial charge in [0.2, 0.25) is 5.91 Å². The Morgan fingerprint density at radius 1 is 1.14 bits per heavy atom. The second kappa shape index (κ2) is 9.08. The quantitative estimate of drug-likeness (QED) is 0.752. The number of carbonyl (C=O) groups excluding carboxylic acids is 1. The van der Waals surface area contributed by atoms with Crippen LogP contribution < -0.4 is 5.32 Å². The molecule has 1 aliphatic heterocycles. The maximum Gasteiger partial charge on any atom is 0.224 e. The summed E-state index contributed by atoms with van der Waals surface area (Å²) in [5.41, 5.74) is 3.63. The van der Waals surface area contributed by atoms with Crippen LogP contribution in [0.4, 0.5) is 4.39 Å². The molecule has 29 heavy (non-hydrogen) atoms. The van der Waals surface area contributed by atoms with Gasteiger partial charge in [-0.2, -0.15) is 0 Å². The minimum Gasteiger partial charge on any atom is -0.349 e. The van der Waals surface area contributed by atoms with Gasteiger partial charge >= 0.3 is 0 Å². The van der Waals surface area contributed by atoms with Gasteiger partial charge in [0, 0.05) is 13.1 Å². The first kappa shape index (κ1) is 21.5. The average Bonchev–Trinajstić information content (AvgIpc) is 2.69. The zero-order valence-corrected chi connectivity index (χ0v) is 18.0. The number of hydrogen-bond donors (Lipinski definition) is 1. The Labute approximate surface area is 174 Å².